The maximum atomic E-state index is 13.5. The van der Waals surface area contributed by atoms with Gasteiger partial charge in [0.05, 0.1) is 29.8 Å². The molecular formula is C30H27BrClN3O5. The van der Waals surface area contributed by atoms with Crippen LogP contribution in [-0.2, 0) is 6.61 Å². The summed E-state index contributed by atoms with van der Waals surface area (Å²) in [6, 6.07) is 15.5. The van der Waals surface area contributed by atoms with Crippen molar-refractivity contribution in [2.75, 3.05) is 7.11 Å². The Bertz CT molecular complexity index is 1660. The van der Waals surface area contributed by atoms with E-state index >= 15 is 0 Å². The molecule has 0 spiro atoms. The maximum absolute atomic E-state index is 13.5. The summed E-state index contributed by atoms with van der Waals surface area (Å²) >= 11 is 10.2. The number of fused-ring (bicyclic) bond motifs is 1. The average molecular weight is 625 g/mol. The summed E-state index contributed by atoms with van der Waals surface area (Å²) in [4.78, 5) is 29.7. The van der Waals surface area contributed by atoms with Crippen molar-refractivity contribution in [3.8, 4) is 11.5 Å². The molecule has 8 nitrogen and oxygen atoms in total. The highest BCUT2D eigenvalue weighted by molar-refractivity contribution is 9.10. The van der Waals surface area contributed by atoms with Gasteiger partial charge in [0.25, 0.3) is 5.56 Å². The van der Waals surface area contributed by atoms with E-state index in [-0.39, 0.29) is 28.7 Å². The Labute approximate surface area is 244 Å². The number of ether oxygens (including phenoxy) is 2. The molecule has 0 radical (unpaired) electrons. The first kappa shape index (κ1) is 27.9. The number of rotatable bonds is 8. The Morgan fingerprint density at radius 2 is 1.95 bits per heavy atom. The van der Waals surface area contributed by atoms with Crippen LogP contribution in [-0.4, -0.2) is 34.1 Å². The zero-order valence-electron chi connectivity index (χ0n) is 21.8. The summed E-state index contributed by atoms with van der Waals surface area (Å²) in [5, 5.41) is 14.6. The first-order valence-corrected chi connectivity index (χ1v) is 14.1. The standard InChI is InChI=1S/C30H27BrClN3O5/c1-39-24-15-21(25(31)26(32)27(24)40-17-18-8-7-11-20(14-18)30(37)38)16-33-35-28(19-9-3-2-4-10-19)34-23-13-6-5-12-22(23)29(35)36/h5-8,11-16,19H,2-4,9-10,17H2,1H3,(H,37,38). The van der Waals surface area contributed by atoms with Crippen molar-refractivity contribution in [2.45, 2.75) is 44.6 Å². The maximum Gasteiger partial charge on any atom is 0.335 e. The van der Waals surface area contributed by atoms with Gasteiger partial charge in [-0.25, -0.2) is 9.78 Å². The van der Waals surface area contributed by atoms with Crippen LogP contribution in [0.25, 0.3) is 10.9 Å². The van der Waals surface area contributed by atoms with Gasteiger partial charge >= 0.3 is 5.97 Å². The molecule has 0 aliphatic heterocycles. The molecule has 1 aliphatic carbocycles. The molecule has 10 heteroatoms. The molecule has 1 heterocycles. The number of carboxylic acid groups (broad SMARTS) is 1. The van der Waals surface area contributed by atoms with Crippen LogP contribution in [0.1, 0.15) is 65.3 Å². The second-order valence-corrected chi connectivity index (χ2v) is 10.8. The SMILES string of the molecule is COc1cc(C=Nn2c(C3CCCCC3)nc3ccccc3c2=O)c(Br)c(Cl)c1OCc1cccc(C(=O)O)c1. The van der Waals surface area contributed by atoms with Crippen LogP contribution in [0.4, 0.5) is 0 Å². The van der Waals surface area contributed by atoms with Crippen molar-refractivity contribution in [3.05, 3.63) is 97.0 Å². The van der Waals surface area contributed by atoms with Crippen LogP contribution < -0.4 is 15.0 Å². The van der Waals surface area contributed by atoms with Crippen LogP contribution in [0.5, 0.6) is 11.5 Å². The quantitative estimate of drug-likeness (QED) is 0.211. The predicted octanol–water partition coefficient (Wildman–Crippen LogP) is 7.03. The van der Waals surface area contributed by atoms with E-state index < -0.39 is 5.97 Å². The molecule has 4 aromatic rings. The van der Waals surface area contributed by atoms with Crippen molar-refractivity contribution in [1.82, 2.24) is 9.66 Å². The van der Waals surface area contributed by atoms with Gasteiger partial charge < -0.3 is 14.6 Å². The summed E-state index contributed by atoms with van der Waals surface area (Å²) in [7, 11) is 1.50. The Morgan fingerprint density at radius 3 is 2.70 bits per heavy atom. The summed E-state index contributed by atoms with van der Waals surface area (Å²) in [6.07, 6.45) is 6.86. The van der Waals surface area contributed by atoms with Crippen molar-refractivity contribution in [2.24, 2.45) is 5.10 Å². The molecule has 1 N–H and O–H groups in total. The van der Waals surface area contributed by atoms with Crippen molar-refractivity contribution in [1.29, 1.82) is 0 Å². The number of benzene rings is 3. The number of carbonyl (C=O) groups is 1. The molecular weight excluding hydrogens is 598 g/mol. The van der Waals surface area contributed by atoms with Gasteiger partial charge in [0.15, 0.2) is 11.5 Å². The second-order valence-electron chi connectivity index (χ2n) is 9.60. The Morgan fingerprint density at radius 1 is 1.18 bits per heavy atom. The first-order valence-electron chi connectivity index (χ1n) is 12.9. The largest absolute Gasteiger partial charge is 0.493 e. The van der Waals surface area contributed by atoms with Gasteiger partial charge in [0.1, 0.15) is 17.5 Å². The zero-order chi connectivity index (χ0) is 28.2. The molecule has 0 saturated heterocycles. The number of carboxylic acids is 1. The smallest absolute Gasteiger partial charge is 0.335 e. The molecule has 0 amide bonds. The fourth-order valence-corrected chi connectivity index (χ4v) is 5.59. The number of aromatic carboxylic acids is 1. The van der Waals surface area contributed by atoms with Crippen molar-refractivity contribution >= 4 is 50.6 Å². The van der Waals surface area contributed by atoms with Gasteiger partial charge in [0.2, 0.25) is 0 Å². The fraction of sp³-hybridized carbons (Fsp3) is 0.267. The molecule has 1 aromatic heterocycles. The van der Waals surface area contributed by atoms with E-state index in [2.05, 4.69) is 21.0 Å². The molecule has 206 valence electrons. The lowest BCUT2D eigenvalue weighted by Crippen LogP contribution is -2.25. The molecule has 0 atom stereocenters. The van der Waals surface area contributed by atoms with E-state index in [0.717, 1.165) is 25.7 Å². The number of halogens is 2. The first-order chi connectivity index (χ1) is 19.4. The summed E-state index contributed by atoms with van der Waals surface area (Å²) in [5.74, 6) is 0.454. The minimum atomic E-state index is -1.02. The van der Waals surface area contributed by atoms with E-state index in [9.17, 15) is 14.7 Å². The van der Waals surface area contributed by atoms with E-state index in [1.807, 2.05) is 18.2 Å². The topological polar surface area (TPSA) is 103 Å². The highest BCUT2D eigenvalue weighted by Crippen LogP contribution is 2.42. The molecule has 5 rings (SSSR count). The van der Waals surface area contributed by atoms with E-state index in [1.54, 1.807) is 30.5 Å². The van der Waals surface area contributed by atoms with Crippen LogP contribution >= 0.6 is 27.5 Å². The highest BCUT2D eigenvalue weighted by Gasteiger charge is 2.23. The monoisotopic (exact) mass is 623 g/mol. The van der Waals surface area contributed by atoms with Gasteiger partial charge in [-0.05, 0) is 64.7 Å². The van der Waals surface area contributed by atoms with Crippen molar-refractivity contribution < 1.29 is 19.4 Å². The molecule has 1 saturated carbocycles. The van der Waals surface area contributed by atoms with Crippen LogP contribution in [0.15, 0.2) is 69.0 Å². The molecule has 1 fully saturated rings. The lowest BCUT2D eigenvalue weighted by atomic mass is 9.88. The summed E-state index contributed by atoms with van der Waals surface area (Å²) in [6.45, 7) is 0.0833. The summed E-state index contributed by atoms with van der Waals surface area (Å²) < 4.78 is 13.4. The molecule has 40 heavy (non-hydrogen) atoms. The molecule has 0 bridgehead atoms. The van der Waals surface area contributed by atoms with E-state index in [4.69, 9.17) is 26.1 Å². The number of hydrogen-bond donors (Lipinski definition) is 1. The van der Waals surface area contributed by atoms with Gasteiger partial charge in [-0.15, -0.1) is 0 Å². The van der Waals surface area contributed by atoms with E-state index in [0.29, 0.717) is 43.8 Å². The van der Waals surface area contributed by atoms with Gasteiger partial charge in [-0.2, -0.15) is 9.78 Å². The normalized spacial score (nSPS) is 14.1. The lowest BCUT2D eigenvalue weighted by Gasteiger charge is -2.22. The Hall–Kier alpha value is -3.69. The third-order valence-electron chi connectivity index (χ3n) is 6.99. The average Bonchev–Trinajstić information content (AvgIpc) is 2.98. The molecule has 3 aromatic carbocycles. The van der Waals surface area contributed by atoms with Crippen LogP contribution in [0, 0.1) is 0 Å². The minimum Gasteiger partial charge on any atom is -0.493 e. The Balaban J connectivity index is 1.50. The highest BCUT2D eigenvalue weighted by atomic mass is 79.9. The number of para-hydroxylation sites is 1. The summed E-state index contributed by atoms with van der Waals surface area (Å²) in [5.41, 5.74) is 1.86. The number of hydrogen-bond acceptors (Lipinski definition) is 6. The van der Waals surface area contributed by atoms with E-state index in [1.165, 1.54) is 30.3 Å². The predicted molar refractivity (Wildman–Crippen MR) is 158 cm³/mol. The van der Waals surface area contributed by atoms with Crippen LogP contribution in [0.3, 0.4) is 0 Å². The third kappa shape index (κ3) is 5.76. The van der Waals surface area contributed by atoms with Gasteiger partial charge in [-0.3, -0.25) is 4.79 Å². The number of aromatic nitrogens is 2. The number of nitrogens with zero attached hydrogens (tertiary/aromatic N) is 3. The fourth-order valence-electron chi connectivity index (χ4n) is 4.93. The lowest BCUT2D eigenvalue weighted by molar-refractivity contribution is 0.0696. The molecule has 0 unspecified atom stereocenters. The zero-order valence-corrected chi connectivity index (χ0v) is 24.1. The molecule has 1 aliphatic rings. The van der Waals surface area contributed by atoms with Gasteiger partial charge in [0, 0.05) is 16.0 Å². The second kappa shape index (κ2) is 12.2. The third-order valence-corrected chi connectivity index (χ3v) is 8.44. The van der Waals surface area contributed by atoms with Crippen molar-refractivity contribution in [3.63, 3.8) is 0 Å². The van der Waals surface area contributed by atoms with Crippen LogP contribution in [0.2, 0.25) is 5.02 Å². The Kier molecular flexibility index (Phi) is 8.52. The number of methoxy groups -OCH3 is 1. The van der Waals surface area contributed by atoms with Gasteiger partial charge in [-0.1, -0.05) is 55.1 Å². The minimum absolute atomic E-state index is 0.0833.